The van der Waals surface area contributed by atoms with Crippen LogP contribution in [-0.2, 0) is 14.3 Å². The van der Waals surface area contributed by atoms with Gasteiger partial charge in [0.25, 0.3) is 5.91 Å². The van der Waals surface area contributed by atoms with Gasteiger partial charge in [-0.05, 0) is 18.2 Å². The number of ether oxygens (including phenoxy) is 3. The normalized spacial score (nSPS) is 20.7. The first-order valence-corrected chi connectivity index (χ1v) is 7.45. The van der Waals surface area contributed by atoms with E-state index in [0.29, 0.717) is 6.54 Å². The summed E-state index contributed by atoms with van der Waals surface area (Å²) >= 11 is 0. The second-order valence-corrected chi connectivity index (χ2v) is 5.68. The van der Waals surface area contributed by atoms with Crippen LogP contribution in [-0.4, -0.2) is 62.8 Å². The van der Waals surface area contributed by atoms with Crippen LogP contribution in [0.3, 0.4) is 0 Å². The fourth-order valence-electron chi connectivity index (χ4n) is 2.83. The molecule has 2 rings (SSSR count). The van der Waals surface area contributed by atoms with Crippen molar-refractivity contribution in [2.45, 2.75) is 12.0 Å². The first-order chi connectivity index (χ1) is 11.4. The number of nitrogens with two attached hydrogens (primary N) is 1. The zero-order valence-electron chi connectivity index (χ0n) is 13.7. The summed E-state index contributed by atoms with van der Waals surface area (Å²) in [5.74, 6) is -1.45. The fourth-order valence-corrected chi connectivity index (χ4v) is 2.83. The summed E-state index contributed by atoms with van der Waals surface area (Å²) in [5, 5.41) is 0. The Kier molecular flexibility index (Phi) is 5.74. The van der Waals surface area contributed by atoms with E-state index < -0.39 is 17.3 Å². The highest BCUT2D eigenvalue weighted by molar-refractivity contribution is 5.94. The molecular weight excluding hydrogens is 319 g/mol. The molecule has 8 heteroatoms. The molecule has 2 amide bonds. The number of carbonyl (C=O) groups is 2. The van der Waals surface area contributed by atoms with Gasteiger partial charge in [-0.3, -0.25) is 9.59 Å². The second-order valence-electron chi connectivity index (χ2n) is 5.68. The lowest BCUT2D eigenvalue weighted by molar-refractivity contribution is -0.148. The van der Waals surface area contributed by atoms with Crippen molar-refractivity contribution in [2.24, 2.45) is 5.73 Å². The molecule has 0 bridgehead atoms. The van der Waals surface area contributed by atoms with Crippen LogP contribution in [0.2, 0.25) is 0 Å². The summed E-state index contributed by atoms with van der Waals surface area (Å²) in [6.07, 6.45) is -0.0679. The van der Waals surface area contributed by atoms with E-state index in [1.807, 2.05) is 0 Å². The number of benzene rings is 1. The Bertz CT molecular complexity index is 620. The van der Waals surface area contributed by atoms with E-state index in [0.717, 1.165) is 6.07 Å². The first-order valence-electron chi connectivity index (χ1n) is 7.45. The third-order valence-corrected chi connectivity index (χ3v) is 3.84. The zero-order valence-corrected chi connectivity index (χ0v) is 13.7. The van der Waals surface area contributed by atoms with Crippen molar-refractivity contribution in [1.29, 1.82) is 0 Å². The standard InChI is InChI=1S/C16H21FN2O5/c1-22-10-16(8-14(18)20)9-19(5-6-24-16)15(21)11-3-4-13(23-2)12(17)7-11/h3-4,7H,5-6,8-10H2,1-2H3,(H2,18,20). The van der Waals surface area contributed by atoms with Gasteiger partial charge in [-0.2, -0.15) is 0 Å². The minimum atomic E-state index is -0.987. The molecule has 0 aliphatic carbocycles. The van der Waals surface area contributed by atoms with Crippen molar-refractivity contribution >= 4 is 11.8 Å². The molecule has 1 aliphatic rings. The van der Waals surface area contributed by atoms with Crippen molar-refractivity contribution in [3.63, 3.8) is 0 Å². The van der Waals surface area contributed by atoms with Crippen LogP contribution in [0.15, 0.2) is 18.2 Å². The lowest BCUT2D eigenvalue weighted by atomic mass is 9.97. The number of hydrogen-bond acceptors (Lipinski definition) is 5. The summed E-state index contributed by atoms with van der Waals surface area (Å²) in [6, 6.07) is 4.02. The van der Waals surface area contributed by atoms with Crippen LogP contribution in [0.25, 0.3) is 0 Å². The van der Waals surface area contributed by atoms with Crippen molar-refractivity contribution in [2.75, 3.05) is 40.5 Å². The summed E-state index contributed by atoms with van der Waals surface area (Å²) in [4.78, 5) is 25.5. The number of morpholine rings is 1. The van der Waals surface area contributed by atoms with Gasteiger partial charge in [0.1, 0.15) is 5.60 Å². The average Bonchev–Trinajstić information content (AvgIpc) is 2.53. The number of nitrogens with zero attached hydrogens (tertiary/aromatic N) is 1. The Morgan fingerprint density at radius 2 is 2.17 bits per heavy atom. The monoisotopic (exact) mass is 340 g/mol. The van der Waals surface area contributed by atoms with Crippen molar-refractivity contribution in [3.8, 4) is 5.75 Å². The molecule has 1 aromatic carbocycles. The smallest absolute Gasteiger partial charge is 0.254 e. The van der Waals surface area contributed by atoms with Crippen molar-refractivity contribution < 1.29 is 28.2 Å². The summed E-state index contributed by atoms with van der Waals surface area (Å²) in [5.41, 5.74) is 4.49. The molecule has 0 spiro atoms. The van der Waals surface area contributed by atoms with Gasteiger partial charge in [0.05, 0.1) is 33.3 Å². The second kappa shape index (κ2) is 7.59. The molecule has 24 heavy (non-hydrogen) atoms. The largest absolute Gasteiger partial charge is 0.494 e. The van der Waals surface area contributed by atoms with E-state index in [9.17, 15) is 14.0 Å². The SMILES string of the molecule is COCC1(CC(N)=O)CN(C(=O)c2ccc(OC)c(F)c2)CCO1. The summed E-state index contributed by atoms with van der Waals surface area (Å²) in [6.45, 7) is 0.824. The minimum Gasteiger partial charge on any atom is -0.494 e. The number of primary amides is 1. The molecule has 0 aromatic heterocycles. The molecule has 1 saturated heterocycles. The maximum absolute atomic E-state index is 13.8. The molecule has 132 valence electrons. The number of hydrogen-bond donors (Lipinski definition) is 1. The van der Waals surface area contributed by atoms with E-state index in [-0.39, 0.29) is 43.4 Å². The predicted octanol–water partition coefficient (Wildman–Crippen LogP) is 0.567. The van der Waals surface area contributed by atoms with Gasteiger partial charge in [0, 0.05) is 19.2 Å². The number of rotatable bonds is 6. The highest BCUT2D eigenvalue weighted by Crippen LogP contribution is 2.25. The number of methoxy groups -OCH3 is 2. The molecule has 1 atom stereocenters. The van der Waals surface area contributed by atoms with E-state index in [2.05, 4.69) is 0 Å². The van der Waals surface area contributed by atoms with Crippen LogP contribution in [0, 0.1) is 5.82 Å². The lowest BCUT2D eigenvalue weighted by Gasteiger charge is -2.41. The topological polar surface area (TPSA) is 91.1 Å². The Morgan fingerprint density at radius 3 is 2.75 bits per heavy atom. The van der Waals surface area contributed by atoms with Crippen LogP contribution in [0.5, 0.6) is 5.75 Å². The third-order valence-electron chi connectivity index (χ3n) is 3.84. The van der Waals surface area contributed by atoms with Gasteiger partial charge in [-0.25, -0.2) is 4.39 Å². The quantitative estimate of drug-likeness (QED) is 0.817. The predicted molar refractivity (Wildman–Crippen MR) is 83.2 cm³/mol. The highest BCUT2D eigenvalue weighted by Gasteiger charge is 2.40. The Morgan fingerprint density at radius 1 is 1.42 bits per heavy atom. The molecule has 1 heterocycles. The van der Waals surface area contributed by atoms with Gasteiger partial charge < -0.3 is 24.8 Å². The van der Waals surface area contributed by atoms with Gasteiger partial charge in [-0.1, -0.05) is 0 Å². The fraction of sp³-hybridized carbons (Fsp3) is 0.500. The van der Waals surface area contributed by atoms with Crippen molar-refractivity contribution in [3.05, 3.63) is 29.6 Å². The molecule has 0 radical (unpaired) electrons. The van der Waals surface area contributed by atoms with Crippen LogP contribution in [0.1, 0.15) is 16.8 Å². The molecule has 1 aliphatic heterocycles. The zero-order chi connectivity index (χ0) is 17.7. The third kappa shape index (κ3) is 4.01. The lowest BCUT2D eigenvalue weighted by Crippen LogP contribution is -2.57. The first kappa shape index (κ1) is 18.2. The number of amides is 2. The van der Waals surface area contributed by atoms with Crippen LogP contribution >= 0.6 is 0 Å². The maximum atomic E-state index is 13.8. The Labute approximate surface area is 139 Å². The summed E-state index contributed by atoms with van der Waals surface area (Å²) in [7, 11) is 2.83. The molecular formula is C16H21FN2O5. The van der Waals surface area contributed by atoms with E-state index in [1.54, 1.807) is 0 Å². The highest BCUT2D eigenvalue weighted by atomic mass is 19.1. The molecule has 0 saturated carbocycles. The van der Waals surface area contributed by atoms with Crippen LogP contribution in [0.4, 0.5) is 4.39 Å². The minimum absolute atomic E-state index is 0.0657. The molecule has 1 fully saturated rings. The van der Waals surface area contributed by atoms with Gasteiger partial charge in [0.2, 0.25) is 5.91 Å². The van der Waals surface area contributed by atoms with Gasteiger partial charge in [0.15, 0.2) is 11.6 Å². The van der Waals surface area contributed by atoms with Crippen LogP contribution < -0.4 is 10.5 Å². The molecule has 1 aromatic rings. The van der Waals surface area contributed by atoms with E-state index >= 15 is 0 Å². The van der Waals surface area contributed by atoms with E-state index in [4.69, 9.17) is 19.9 Å². The molecule has 1 unspecified atom stereocenters. The number of halogens is 1. The van der Waals surface area contributed by atoms with E-state index in [1.165, 1.54) is 31.3 Å². The summed E-state index contributed by atoms with van der Waals surface area (Å²) < 4.78 is 29.5. The Balaban J connectivity index is 2.19. The maximum Gasteiger partial charge on any atom is 0.254 e. The van der Waals surface area contributed by atoms with Gasteiger partial charge >= 0.3 is 0 Å². The molecule has 2 N–H and O–H groups in total. The van der Waals surface area contributed by atoms with Gasteiger partial charge in [-0.15, -0.1) is 0 Å². The average molecular weight is 340 g/mol. The molecule has 7 nitrogen and oxygen atoms in total. The Hall–Kier alpha value is -2.19. The van der Waals surface area contributed by atoms with Crippen molar-refractivity contribution in [1.82, 2.24) is 4.90 Å². The number of carbonyl (C=O) groups excluding carboxylic acids is 2.